The predicted octanol–water partition coefficient (Wildman–Crippen LogP) is 3.15. The van der Waals surface area contributed by atoms with Gasteiger partial charge in [-0.1, -0.05) is 38.1 Å². The minimum atomic E-state index is -0.0216. The highest BCUT2D eigenvalue weighted by Gasteiger charge is 2.13. The molecule has 0 spiro atoms. The van der Waals surface area contributed by atoms with E-state index in [1.807, 2.05) is 6.92 Å². The molecule has 1 aromatic carbocycles. The Morgan fingerprint density at radius 1 is 1.00 bits per heavy atom. The lowest BCUT2D eigenvalue weighted by Gasteiger charge is -2.15. The monoisotopic (exact) mass is 269 g/mol. The molecule has 0 bridgehead atoms. The molecule has 106 valence electrons. The van der Waals surface area contributed by atoms with E-state index < -0.39 is 0 Å². The van der Waals surface area contributed by atoms with Crippen molar-refractivity contribution in [2.45, 2.75) is 46.1 Å². The highest BCUT2D eigenvalue weighted by Crippen LogP contribution is 2.20. The number of benzene rings is 1. The van der Waals surface area contributed by atoms with Crippen LogP contribution in [0.5, 0.6) is 0 Å². The molecule has 1 heterocycles. The van der Waals surface area contributed by atoms with Crippen molar-refractivity contribution < 1.29 is 0 Å². The third-order valence-corrected chi connectivity index (χ3v) is 3.65. The molecule has 0 aliphatic carbocycles. The Labute approximate surface area is 121 Å². The Morgan fingerprint density at radius 3 is 2.25 bits per heavy atom. The van der Waals surface area contributed by atoms with E-state index in [1.54, 1.807) is 0 Å². The summed E-state index contributed by atoms with van der Waals surface area (Å²) in [6.45, 7) is 6.21. The molecule has 1 atom stereocenters. The highest BCUT2D eigenvalue weighted by atomic mass is 15.1. The summed E-state index contributed by atoms with van der Waals surface area (Å²) in [6, 6.07) is 10.7. The fourth-order valence-corrected chi connectivity index (χ4v) is 2.40. The molecule has 0 fully saturated rings. The van der Waals surface area contributed by atoms with E-state index in [9.17, 15) is 0 Å². The van der Waals surface area contributed by atoms with Crippen LogP contribution in [0.2, 0.25) is 0 Å². The van der Waals surface area contributed by atoms with Crippen molar-refractivity contribution in [2.24, 2.45) is 5.73 Å². The summed E-state index contributed by atoms with van der Waals surface area (Å²) < 4.78 is 0. The van der Waals surface area contributed by atoms with Gasteiger partial charge in [-0.3, -0.25) is 0 Å². The summed E-state index contributed by atoms with van der Waals surface area (Å²) in [5, 5.41) is 8.37. The number of hydrogen-bond acceptors (Lipinski definition) is 3. The Morgan fingerprint density at radius 2 is 1.65 bits per heavy atom. The van der Waals surface area contributed by atoms with E-state index in [4.69, 9.17) is 5.73 Å². The number of nitrogens with two attached hydrogens (primary N) is 1. The number of nitrogens with zero attached hydrogens (tertiary/aromatic N) is 2. The first kappa shape index (κ1) is 14.7. The summed E-state index contributed by atoms with van der Waals surface area (Å²) in [7, 11) is 0. The fourth-order valence-electron chi connectivity index (χ4n) is 2.40. The van der Waals surface area contributed by atoms with Gasteiger partial charge in [0, 0.05) is 6.04 Å². The lowest BCUT2D eigenvalue weighted by Crippen LogP contribution is -2.17. The number of aryl methyl sites for hydroxylation is 3. The zero-order valence-electron chi connectivity index (χ0n) is 12.6. The molecular formula is C17H23N3. The van der Waals surface area contributed by atoms with Crippen LogP contribution in [0.25, 0.3) is 0 Å². The number of rotatable bonds is 5. The van der Waals surface area contributed by atoms with Gasteiger partial charge >= 0.3 is 0 Å². The molecule has 1 aromatic heterocycles. The average Bonchev–Trinajstić information content (AvgIpc) is 2.48. The quantitative estimate of drug-likeness (QED) is 0.907. The first-order valence-corrected chi connectivity index (χ1v) is 7.30. The molecule has 2 N–H and O–H groups in total. The van der Waals surface area contributed by atoms with Crippen molar-refractivity contribution in [3.63, 3.8) is 0 Å². The summed E-state index contributed by atoms with van der Waals surface area (Å²) in [6.07, 6.45) is 2.77. The molecular weight excluding hydrogens is 246 g/mol. The van der Waals surface area contributed by atoms with Gasteiger partial charge in [0.2, 0.25) is 0 Å². The van der Waals surface area contributed by atoms with Gasteiger partial charge < -0.3 is 5.73 Å². The molecule has 0 aliphatic rings. The van der Waals surface area contributed by atoms with Crippen LogP contribution in [0.4, 0.5) is 0 Å². The molecule has 0 amide bonds. The second kappa shape index (κ2) is 6.62. The molecule has 3 heteroatoms. The van der Waals surface area contributed by atoms with E-state index in [1.165, 1.54) is 11.1 Å². The third-order valence-electron chi connectivity index (χ3n) is 3.65. The number of hydrogen-bond donors (Lipinski definition) is 1. The van der Waals surface area contributed by atoms with Crippen LogP contribution in [-0.2, 0) is 19.3 Å². The minimum absolute atomic E-state index is 0.0216. The van der Waals surface area contributed by atoms with E-state index in [-0.39, 0.29) is 6.04 Å². The molecule has 20 heavy (non-hydrogen) atoms. The number of aromatic nitrogens is 2. The van der Waals surface area contributed by atoms with Crippen LogP contribution in [0.3, 0.4) is 0 Å². The first-order valence-electron chi connectivity index (χ1n) is 7.30. The van der Waals surface area contributed by atoms with Crippen molar-refractivity contribution in [1.82, 2.24) is 10.2 Å². The molecule has 0 aliphatic heterocycles. The van der Waals surface area contributed by atoms with Gasteiger partial charge in [0.25, 0.3) is 0 Å². The van der Waals surface area contributed by atoms with Crippen molar-refractivity contribution in [3.05, 3.63) is 58.4 Å². The van der Waals surface area contributed by atoms with Crippen LogP contribution < -0.4 is 5.73 Å². The smallest absolute Gasteiger partial charge is 0.0676 e. The third kappa shape index (κ3) is 3.42. The second-order valence-corrected chi connectivity index (χ2v) is 5.22. The van der Waals surface area contributed by atoms with Gasteiger partial charge in [0.05, 0.1) is 11.4 Å². The standard InChI is InChI=1S/C17H23N3/c1-4-13-6-8-14(9-7-13)11-16(18)15-10-12(3)19-20-17(15)5-2/h6-10,16H,4-5,11,18H2,1-3H3. The fraction of sp³-hybridized carbons (Fsp3) is 0.412. The van der Waals surface area contributed by atoms with Gasteiger partial charge in [-0.15, -0.1) is 0 Å². The van der Waals surface area contributed by atoms with Crippen LogP contribution in [-0.4, -0.2) is 10.2 Å². The summed E-state index contributed by atoms with van der Waals surface area (Å²) in [5.74, 6) is 0. The Kier molecular flexibility index (Phi) is 4.85. The molecule has 2 rings (SSSR count). The van der Waals surface area contributed by atoms with Crippen LogP contribution in [0.15, 0.2) is 30.3 Å². The highest BCUT2D eigenvalue weighted by molar-refractivity contribution is 5.29. The Hall–Kier alpha value is -1.74. The van der Waals surface area contributed by atoms with E-state index in [0.29, 0.717) is 0 Å². The molecule has 1 unspecified atom stereocenters. The van der Waals surface area contributed by atoms with E-state index in [0.717, 1.165) is 36.2 Å². The van der Waals surface area contributed by atoms with Gasteiger partial charge in [-0.2, -0.15) is 10.2 Å². The van der Waals surface area contributed by atoms with E-state index >= 15 is 0 Å². The molecule has 2 aromatic rings. The van der Waals surface area contributed by atoms with Gasteiger partial charge in [0.15, 0.2) is 0 Å². The van der Waals surface area contributed by atoms with Crippen LogP contribution in [0.1, 0.15) is 48.0 Å². The van der Waals surface area contributed by atoms with Crippen molar-refractivity contribution in [3.8, 4) is 0 Å². The van der Waals surface area contributed by atoms with Crippen LogP contribution in [0, 0.1) is 6.92 Å². The lowest BCUT2D eigenvalue weighted by molar-refractivity contribution is 0.691. The van der Waals surface area contributed by atoms with Crippen LogP contribution >= 0.6 is 0 Å². The van der Waals surface area contributed by atoms with Crippen molar-refractivity contribution >= 4 is 0 Å². The topological polar surface area (TPSA) is 51.8 Å². The summed E-state index contributed by atoms with van der Waals surface area (Å²) in [5.41, 5.74) is 12.1. The largest absolute Gasteiger partial charge is 0.324 e. The van der Waals surface area contributed by atoms with Crippen molar-refractivity contribution in [1.29, 1.82) is 0 Å². The second-order valence-electron chi connectivity index (χ2n) is 5.22. The molecule has 0 saturated carbocycles. The predicted molar refractivity (Wildman–Crippen MR) is 82.6 cm³/mol. The maximum atomic E-state index is 6.38. The average molecular weight is 269 g/mol. The zero-order valence-corrected chi connectivity index (χ0v) is 12.6. The maximum absolute atomic E-state index is 6.38. The summed E-state index contributed by atoms with van der Waals surface area (Å²) >= 11 is 0. The SMILES string of the molecule is CCc1ccc(CC(N)c2cc(C)nnc2CC)cc1. The van der Waals surface area contributed by atoms with Crippen molar-refractivity contribution in [2.75, 3.05) is 0 Å². The molecule has 3 nitrogen and oxygen atoms in total. The summed E-state index contributed by atoms with van der Waals surface area (Å²) in [4.78, 5) is 0. The lowest BCUT2D eigenvalue weighted by atomic mass is 9.96. The first-order chi connectivity index (χ1) is 9.63. The Bertz CT molecular complexity index is 561. The van der Waals surface area contributed by atoms with E-state index in [2.05, 4.69) is 54.4 Å². The zero-order chi connectivity index (χ0) is 14.5. The Balaban J connectivity index is 2.18. The van der Waals surface area contributed by atoms with Gasteiger partial charge in [0.1, 0.15) is 0 Å². The molecule has 0 saturated heterocycles. The molecule has 0 radical (unpaired) electrons. The minimum Gasteiger partial charge on any atom is -0.324 e. The maximum Gasteiger partial charge on any atom is 0.0676 e. The van der Waals surface area contributed by atoms with Gasteiger partial charge in [-0.05, 0) is 48.9 Å². The van der Waals surface area contributed by atoms with Gasteiger partial charge in [-0.25, -0.2) is 0 Å². The normalized spacial score (nSPS) is 12.4.